The second-order valence-electron chi connectivity index (χ2n) is 12.9. The van der Waals surface area contributed by atoms with E-state index in [2.05, 4.69) is 39.2 Å². The van der Waals surface area contributed by atoms with Gasteiger partial charge < -0.3 is 19.8 Å². The molecule has 0 atom stereocenters. The minimum Gasteiger partial charge on any atom is -0.456 e. The highest BCUT2D eigenvalue weighted by molar-refractivity contribution is 6.76. The highest BCUT2D eigenvalue weighted by Gasteiger charge is 2.23. The van der Waals surface area contributed by atoms with Crippen LogP contribution in [0.3, 0.4) is 0 Å². The number of imidazole rings is 1. The number of nitrogens with two attached hydrogens (primary N) is 1. The van der Waals surface area contributed by atoms with Gasteiger partial charge in [0.2, 0.25) is 5.91 Å². The van der Waals surface area contributed by atoms with Crippen LogP contribution in [0.4, 0.5) is 0 Å². The maximum Gasteiger partial charge on any atom is 0.231 e. The van der Waals surface area contributed by atoms with Gasteiger partial charge in [-0.2, -0.15) is 5.10 Å². The maximum absolute atomic E-state index is 11.3. The van der Waals surface area contributed by atoms with Crippen molar-refractivity contribution >= 4 is 47.6 Å². The number of piperidine rings is 1. The van der Waals surface area contributed by atoms with Gasteiger partial charge in [-0.3, -0.25) is 19.4 Å². The van der Waals surface area contributed by atoms with Gasteiger partial charge in [0.1, 0.15) is 34.6 Å². The van der Waals surface area contributed by atoms with Gasteiger partial charge in [0.05, 0.1) is 47.2 Å². The number of nitrogens with zero attached hydrogens (tertiary/aromatic N) is 7. The first-order valence-corrected chi connectivity index (χ1v) is 19.4. The standard InChI is InChI=1S/C32H39ClN8O3Si/c1-21-37-25-6-5-24(15-28(25)40(21)20-43-13-14-45(2,3)4)44-29-8-7-26-32(31(29)33)38-27(17-35-26)22-16-36-41(18-22)23-9-11-39(12-10-23)19-30(34)42/h5-8,15-18,23H,9-14,19-20H2,1-4H3,(H2,34,42). The number of halogens is 1. The van der Waals surface area contributed by atoms with Crippen LogP contribution in [-0.2, 0) is 16.3 Å². The highest BCUT2D eigenvalue weighted by atomic mass is 35.5. The number of likely N-dealkylation sites (tertiary alicyclic amines) is 1. The van der Waals surface area contributed by atoms with Gasteiger partial charge in [-0.05, 0) is 50.1 Å². The van der Waals surface area contributed by atoms with Gasteiger partial charge in [0.15, 0.2) is 0 Å². The van der Waals surface area contributed by atoms with Crippen LogP contribution in [0.5, 0.6) is 11.5 Å². The SMILES string of the molecule is Cc1nc2ccc(Oc3ccc4ncc(-c5cnn(C6CCN(CC(N)=O)CC6)c5)nc4c3Cl)cc2n1COCC[Si](C)(C)C. The Morgan fingerprint density at radius 2 is 1.87 bits per heavy atom. The molecule has 4 heterocycles. The van der Waals surface area contributed by atoms with Crippen molar-refractivity contribution in [3.63, 3.8) is 0 Å². The van der Waals surface area contributed by atoms with Crippen LogP contribution in [0.25, 0.3) is 33.3 Å². The first-order chi connectivity index (χ1) is 21.5. The molecule has 1 amide bonds. The summed E-state index contributed by atoms with van der Waals surface area (Å²) in [6.07, 6.45) is 7.31. The number of amides is 1. The molecule has 0 saturated carbocycles. The van der Waals surface area contributed by atoms with E-state index in [1.165, 1.54) is 0 Å². The zero-order chi connectivity index (χ0) is 31.7. The van der Waals surface area contributed by atoms with Gasteiger partial charge in [0.25, 0.3) is 0 Å². The Morgan fingerprint density at radius 1 is 1.09 bits per heavy atom. The second-order valence-corrected chi connectivity index (χ2v) is 18.9. The lowest BCUT2D eigenvalue weighted by Crippen LogP contribution is -2.40. The molecule has 0 unspecified atom stereocenters. The Balaban J connectivity index is 1.19. The van der Waals surface area contributed by atoms with Crippen LogP contribution in [-0.4, -0.2) is 74.4 Å². The van der Waals surface area contributed by atoms with Crippen molar-refractivity contribution in [1.29, 1.82) is 0 Å². The zero-order valence-corrected chi connectivity index (χ0v) is 27.9. The fourth-order valence-corrected chi connectivity index (χ4v) is 6.58. The van der Waals surface area contributed by atoms with E-state index in [0.29, 0.717) is 46.5 Å². The van der Waals surface area contributed by atoms with Crippen molar-refractivity contribution in [2.45, 2.75) is 58.2 Å². The molecule has 1 aliphatic rings. The van der Waals surface area contributed by atoms with E-state index in [4.69, 9.17) is 36.8 Å². The summed E-state index contributed by atoms with van der Waals surface area (Å²) in [4.78, 5) is 27.5. The summed E-state index contributed by atoms with van der Waals surface area (Å²) in [5, 5.41) is 5.00. The van der Waals surface area contributed by atoms with E-state index >= 15 is 0 Å². The molecule has 2 aromatic carbocycles. The normalized spacial score (nSPS) is 14.9. The fourth-order valence-electron chi connectivity index (χ4n) is 5.59. The fraction of sp³-hybridized carbons (Fsp3) is 0.406. The molecule has 0 radical (unpaired) electrons. The van der Waals surface area contributed by atoms with Crippen LogP contribution in [0.15, 0.2) is 48.9 Å². The third-order valence-electron chi connectivity index (χ3n) is 8.18. The quantitative estimate of drug-likeness (QED) is 0.136. The number of carbonyl (C=O) groups is 1. The van der Waals surface area contributed by atoms with Crippen molar-refractivity contribution < 1.29 is 14.3 Å². The predicted octanol–water partition coefficient (Wildman–Crippen LogP) is 6.03. The number of primary amides is 1. The topological polar surface area (TPSA) is 126 Å². The summed E-state index contributed by atoms with van der Waals surface area (Å²) in [6, 6.07) is 10.8. The molecule has 13 heteroatoms. The van der Waals surface area contributed by atoms with Gasteiger partial charge in [0, 0.05) is 45.6 Å². The maximum atomic E-state index is 11.3. The zero-order valence-electron chi connectivity index (χ0n) is 26.2. The molecular formula is C32H39ClN8O3Si. The lowest BCUT2D eigenvalue weighted by molar-refractivity contribution is -0.119. The Labute approximate surface area is 268 Å². The molecule has 11 nitrogen and oxygen atoms in total. The van der Waals surface area contributed by atoms with Crippen molar-refractivity contribution in [3.05, 3.63) is 59.8 Å². The molecule has 5 aromatic rings. The molecule has 0 spiro atoms. The lowest BCUT2D eigenvalue weighted by atomic mass is 10.1. The third-order valence-corrected chi connectivity index (χ3v) is 10.3. The second kappa shape index (κ2) is 12.9. The Kier molecular flexibility index (Phi) is 8.91. The van der Waals surface area contributed by atoms with Crippen molar-refractivity contribution in [1.82, 2.24) is 34.2 Å². The molecule has 236 valence electrons. The minimum atomic E-state index is -1.17. The molecule has 0 bridgehead atoms. The number of aromatic nitrogens is 6. The number of hydrogen-bond donors (Lipinski definition) is 1. The summed E-state index contributed by atoms with van der Waals surface area (Å²) >= 11 is 6.88. The average Bonchev–Trinajstić information content (AvgIpc) is 3.61. The smallest absolute Gasteiger partial charge is 0.231 e. The van der Waals surface area contributed by atoms with E-state index in [0.717, 1.165) is 61.0 Å². The molecule has 1 fully saturated rings. The Bertz CT molecular complexity index is 1840. The van der Waals surface area contributed by atoms with Crippen LogP contribution < -0.4 is 10.5 Å². The summed E-state index contributed by atoms with van der Waals surface area (Å²) < 4.78 is 16.4. The van der Waals surface area contributed by atoms with Crippen LogP contribution in [0.2, 0.25) is 30.7 Å². The molecule has 6 rings (SSSR count). The van der Waals surface area contributed by atoms with E-state index in [1.807, 2.05) is 48.1 Å². The van der Waals surface area contributed by atoms with Crippen molar-refractivity contribution in [3.8, 4) is 22.8 Å². The molecule has 1 saturated heterocycles. The first-order valence-electron chi connectivity index (χ1n) is 15.3. The molecule has 45 heavy (non-hydrogen) atoms. The summed E-state index contributed by atoms with van der Waals surface area (Å²) in [5.41, 5.74) is 9.93. The summed E-state index contributed by atoms with van der Waals surface area (Å²) in [6.45, 7) is 12.1. The van der Waals surface area contributed by atoms with Crippen LogP contribution in [0, 0.1) is 6.92 Å². The number of hydrogen-bond acceptors (Lipinski definition) is 8. The predicted molar refractivity (Wildman–Crippen MR) is 178 cm³/mol. The lowest BCUT2D eigenvalue weighted by Gasteiger charge is -2.31. The van der Waals surface area contributed by atoms with Gasteiger partial charge in [-0.15, -0.1) is 0 Å². The van der Waals surface area contributed by atoms with E-state index < -0.39 is 8.07 Å². The number of benzene rings is 2. The monoisotopic (exact) mass is 646 g/mol. The van der Waals surface area contributed by atoms with Gasteiger partial charge in [-0.1, -0.05) is 31.2 Å². The van der Waals surface area contributed by atoms with Crippen LogP contribution >= 0.6 is 11.6 Å². The average molecular weight is 647 g/mol. The number of rotatable bonds is 11. The minimum absolute atomic E-state index is 0.244. The van der Waals surface area contributed by atoms with Crippen molar-refractivity contribution in [2.75, 3.05) is 26.2 Å². The van der Waals surface area contributed by atoms with Crippen molar-refractivity contribution in [2.24, 2.45) is 5.73 Å². The van der Waals surface area contributed by atoms with Crippen LogP contribution in [0.1, 0.15) is 24.7 Å². The number of fused-ring (bicyclic) bond motifs is 2. The van der Waals surface area contributed by atoms with E-state index in [1.54, 1.807) is 12.4 Å². The third kappa shape index (κ3) is 7.19. The molecular weight excluding hydrogens is 608 g/mol. The molecule has 3 aromatic heterocycles. The molecule has 0 aliphatic carbocycles. The summed E-state index contributed by atoms with van der Waals surface area (Å²) in [5.74, 6) is 1.72. The Hall–Kier alpha value is -3.84. The van der Waals surface area contributed by atoms with Gasteiger partial charge in [-0.25, -0.2) is 9.97 Å². The Morgan fingerprint density at radius 3 is 2.62 bits per heavy atom. The first kappa shape index (κ1) is 31.2. The molecule has 2 N–H and O–H groups in total. The number of carbonyl (C=O) groups excluding carboxylic acids is 1. The number of aryl methyl sites for hydroxylation is 1. The highest BCUT2D eigenvalue weighted by Crippen LogP contribution is 2.36. The summed E-state index contributed by atoms with van der Waals surface area (Å²) in [7, 11) is -1.17. The largest absolute Gasteiger partial charge is 0.456 e. The van der Waals surface area contributed by atoms with Gasteiger partial charge >= 0.3 is 0 Å². The van der Waals surface area contributed by atoms with E-state index in [-0.39, 0.29) is 11.9 Å². The molecule has 1 aliphatic heterocycles. The number of ether oxygens (including phenoxy) is 2. The van der Waals surface area contributed by atoms with E-state index in [9.17, 15) is 4.79 Å².